The Morgan fingerprint density at radius 1 is 1.70 bits per heavy atom. The van der Waals surface area contributed by atoms with Gasteiger partial charge < -0.3 is 4.90 Å². The summed E-state index contributed by atoms with van der Waals surface area (Å²) < 4.78 is 0. The van der Waals surface area contributed by atoms with E-state index in [1.54, 1.807) is 0 Å². The van der Waals surface area contributed by atoms with Gasteiger partial charge in [-0.15, -0.1) is 0 Å². The Balaban J connectivity index is 2.53. The predicted octanol–water partition coefficient (Wildman–Crippen LogP) is 1.64. The monoisotopic (exact) mass is 138 g/mol. The number of hydrogen-bond donors (Lipinski definition) is 0. The van der Waals surface area contributed by atoms with E-state index in [0.29, 0.717) is 0 Å². The fraction of sp³-hybridized carbons (Fsp3) is 0.625. The van der Waals surface area contributed by atoms with Crippen molar-refractivity contribution in [1.29, 1.82) is 0 Å². The summed E-state index contributed by atoms with van der Waals surface area (Å²) in [5, 5.41) is 0. The molecule has 1 aliphatic rings. The van der Waals surface area contributed by atoms with Crippen molar-refractivity contribution in [3.8, 4) is 0 Å². The second-order valence-corrected chi connectivity index (χ2v) is 2.50. The molecule has 1 aliphatic heterocycles. The van der Waals surface area contributed by atoms with Crippen LogP contribution in [0.5, 0.6) is 0 Å². The van der Waals surface area contributed by atoms with Crippen LogP contribution in [0.25, 0.3) is 0 Å². The van der Waals surface area contributed by atoms with Gasteiger partial charge in [-0.25, -0.2) is 0 Å². The van der Waals surface area contributed by atoms with Crippen LogP contribution in [-0.2, 0) is 0 Å². The fourth-order valence-corrected chi connectivity index (χ4v) is 0.983. The Hall–Kier alpha value is -0.790. The van der Waals surface area contributed by atoms with E-state index >= 15 is 0 Å². The van der Waals surface area contributed by atoms with Gasteiger partial charge in [-0.1, -0.05) is 0 Å². The Morgan fingerprint density at radius 2 is 2.50 bits per heavy atom. The van der Waals surface area contributed by atoms with Crippen LogP contribution in [0.3, 0.4) is 0 Å². The third-order valence-electron chi connectivity index (χ3n) is 1.82. The molecule has 0 radical (unpaired) electrons. The first kappa shape index (κ1) is 7.32. The van der Waals surface area contributed by atoms with E-state index in [2.05, 4.69) is 23.9 Å². The van der Waals surface area contributed by atoms with Crippen LogP contribution in [0.2, 0.25) is 0 Å². The normalized spacial score (nSPS) is 16.8. The first-order valence-electron chi connectivity index (χ1n) is 3.76. The summed E-state index contributed by atoms with van der Waals surface area (Å²) in [7, 11) is 2.10. The van der Waals surface area contributed by atoms with Gasteiger partial charge in [0.1, 0.15) is 0 Å². The van der Waals surface area contributed by atoms with Gasteiger partial charge in [0.25, 0.3) is 0 Å². The number of allylic oxidation sites excluding steroid dienone is 1. The summed E-state index contributed by atoms with van der Waals surface area (Å²) in [5.41, 5.74) is 1.35. The van der Waals surface area contributed by atoms with Gasteiger partial charge in [0.05, 0.1) is 0 Å². The third kappa shape index (κ3) is 1.59. The van der Waals surface area contributed by atoms with E-state index in [1.165, 1.54) is 5.70 Å². The lowest BCUT2D eigenvalue weighted by Gasteiger charge is -2.20. The maximum absolute atomic E-state index is 4.10. The second kappa shape index (κ2) is 3.40. The molecule has 0 amide bonds. The van der Waals surface area contributed by atoms with Gasteiger partial charge in [0.2, 0.25) is 0 Å². The Morgan fingerprint density at radius 3 is 3.00 bits per heavy atom. The van der Waals surface area contributed by atoms with Crippen LogP contribution in [0.1, 0.15) is 19.8 Å². The highest BCUT2D eigenvalue weighted by Gasteiger charge is 2.02. The van der Waals surface area contributed by atoms with E-state index in [0.717, 1.165) is 19.4 Å². The lowest BCUT2D eigenvalue weighted by Crippen LogP contribution is -2.17. The minimum atomic E-state index is 1.07. The molecule has 0 unspecified atom stereocenters. The van der Waals surface area contributed by atoms with Crippen LogP contribution in [-0.4, -0.2) is 24.7 Å². The summed E-state index contributed by atoms with van der Waals surface area (Å²) in [6, 6.07) is 0. The van der Waals surface area contributed by atoms with Crippen molar-refractivity contribution >= 4 is 6.21 Å². The predicted molar refractivity (Wildman–Crippen MR) is 44.1 cm³/mol. The van der Waals surface area contributed by atoms with E-state index in [1.807, 2.05) is 12.4 Å². The molecule has 0 fully saturated rings. The highest BCUT2D eigenvalue weighted by molar-refractivity contribution is 5.60. The average Bonchev–Trinajstić information content (AvgIpc) is 2.05. The molecule has 1 rings (SSSR count). The molecule has 0 N–H and O–H groups in total. The molecule has 0 aromatic rings. The van der Waals surface area contributed by atoms with Gasteiger partial charge in [-0.2, -0.15) is 0 Å². The van der Waals surface area contributed by atoms with Crippen molar-refractivity contribution in [2.45, 2.75) is 19.8 Å². The van der Waals surface area contributed by atoms with E-state index in [4.69, 9.17) is 0 Å². The molecule has 0 aliphatic carbocycles. The molecule has 0 atom stereocenters. The van der Waals surface area contributed by atoms with Crippen molar-refractivity contribution < 1.29 is 0 Å². The number of aliphatic imine (C=N–C) groups is 1. The molecule has 2 heteroatoms. The lowest BCUT2D eigenvalue weighted by atomic mass is 10.2. The summed E-state index contributed by atoms with van der Waals surface area (Å²) >= 11 is 0. The third-order valence-corrected chi connectivity index (χ3v) is 1.82. The zero-order valence-electron chi connectivity index (χ0n) is 6.67. The maximum Gasteiger partial charge on any atom is 0.0455 e. The van der Waals surface area contributed by atoms with Crippen LogP contribution in [0.15, 0.2) is 16.9 Å². The SMILES string of the molecule is CCN(C)C1=CN=CCC1. The Bertz CT molecular complexity index is 159. The molecule has 0 aromatic carbocycles. The molecule has 0 saturated heterocycles. The Kier molecular flexibility index (Phi) is 2.49. The van der Waals surface area contributed by atoms with Crippen molar-refractivity contribution in [1.82, 2.24) is 4.90 Å². The minimum Gasteiger partial charge on any atom is -0.377 e. The van der Waals surface area contributed by atoms with Gasteiger partial charge in [0, 0.05) is 31.7 Å². The molecule has 1 heterocycles. The zero-order chi connectivity index (χ0) is 7.40. The number of rotatable bonds is 2. The molecule has 0 saturated carbocycles. The smallest absolute Gasteiger partial charge is 0.0455 e. The molecule has 10 heavy (non-hydrogen) atoms. The molecular formula is C8H14N2. The first-order chi connectivity index (χ1) is 4.84. The van der Waals surface area contributed by atoms with Crippen molar-refractivity contribution in [3.63, 3.8) is 0 Å². The van der Waals surface area contributed by atoms with Crippen molar-refractivity contribution in [3.05, 3.63) is 11.9 Å². The van der Waals surface area contributed by atoms with Crippen molar-refractivity contribution in [2.75, 3.05) is 13.6 Å². The molecule has 2 nitrogen and oxygen atoms in total. The molecule has 0 spiro atoms. The lowest BCUT2D eigenvalue weighted by molar-refractivity contribution is 0.423. The number of nitrogens with zero attached hydrogens (tertiary/aromatic N) is 2. The minimum absolute atomic E-state index is 1.07. The van der Waals surface area contributed by atoms with E-state index in [-0.39, 0.29) is 0 Å². The molecule has 0 bridgehead atoms. The van der Waals surface area contributed by atoms with Crippen LogP contribution in [0.4, 0.5) is 0 Å². The second-order valence-electron chi connectivity index (χ2n) is 2.50. The van der Waals surface area contributed by atoms with Crippen LogP contribution < -0.4 is 0 Å². The summed E-state index contributed by atoms with van der Waals surface area (Å²) in [6.07, 6.45) is 6.16. The van der Waals surface area contributed by atoms with E-state index < -0.39 is 0 Å². The highest BCUT2D eigenvalue weighted by Crippen LogP contribution is 2.11. The molecule has 0 aromatic heterocycles. The molecule has 56 valence electrons. The van der Waals surface area contributed by atoms with Gasteiger partial charge in [-0.3, -0.25) is 4.99 Å². The van der Waals surface area contributed by atoms with Crippen LogP contribution in [0, 0.1) is 0 Å². The quantitative estimate of drug-likeness (QED) is 0.566. The standard InChI is InChI=1S/C8H14N2/c1-3-10(2)8-5-4-6-9-7-8/h6-7H,3-5H2,1-2H3. The largest absolute Gasteiger partial charge is 0.377 e. The number of hydrogen-bond acceptors (Lipinski definition) is 2. The topological polar surface area (TPSA) is 15.6 Å². The Labute approximate surface area is 62.3 Å². The average molecular weight is 138 g/mol. The molecular weight excluding hydrogens is 124 g/mol. The highest BCUT2D eigenvalue weighted by atomic mass is 15.1. The first-order valence-corrected chi connectivity index (χ1v) is 3.76. The van der Waals surface area contributed by atoms with Gasteiger partial charge in [-0.05, 0) is 19.8 Å². The summed E-state index contributed by atoms with van der Waals surface area (Å²) in [4.78, 5) is 6.33. The fourth-order valence-electron chi connectivity index (χ4n) is 0.983. The maximum atomic E-state index is 4.10. The summed E-state index contributed by atoms with van der Waals surface area (Å²) in [6.45, 7) is 3.22. The zero-order valence-corrected chi connectivity index (χ0v) is 6.67. The van der Waals surface area contributed by atoms with E-state index in [9.17, 15) is 0 Å². The van der Waals surface area contributed by atoms with Crippen molar-refractivity contribution in [2.24, 2.45) is 4.99 Å². The van der Waals surface area contributed by atoms with Gasteiger partial charge >= 0.3 is 0 Å². The summed E-state index contributed by atoms with van der Waals surface area (Å²) in [5.74, 6) is 0. The van der Waals surface area contributed by atoms with Crippen LogP contribution >= 0.6 is 0 Å². The van der Waals surface area contributed by atoms with Gasteiger partial charge in [0.15, 0.2) is 0 Å².